The largest absolute Gasteiger partial charge is 0.492 e. The van der Waals surface area contributed by atoms with E-state index in [9.17, 15) is 9.59 Å². The summed E-state index contributed by atoms with van der Waals surface area (Å²) >= 11 is 0. The van der Waals surface area contributed by atoms with Crippen molar-refractivity contribution in [1.29, 1.82) is 0 Å². The SMILES string of the molecule is CCOc1ccccc1NC(=O)N[C@@H](C(=O)N1CCc2ccccc21)c1ccccc1. The van der Waals surface area contributed by atoms with Crippen molar-refractivity contribution in [3.8, 4) is 5.75 Å². The Labute approximate surface area is 181 Å². The molecule has 1 aliphatic rings. The predicted molar refractivity (Wildman–Crippen MR) is 121 cm³/mol. The van der Waals surface area contributed by atoms with E-state index in [2.05, 4.69) is 10.6 Å². The van der Waals surface area contributed by atoms with E-state index in [4.69, 9.17) is 4.74 Å². The minimum absolute atomic E-state index is 0.163. The Kier molecular flexibility index (Phi) is 6.17. The van der Waals surface area contributed by atoms with Crippen LogP contribution in [0.5, 0.6) is 5.75 Å². The third-order valence-electron chi connectivity index (χ3n) is 5.24. The van der Waals surface area contributed by atoms with Gasteiger partial charge < -0.3 is 20.3 Å². The van der Waals surface area contributed by atoms with Gasteiger partial charge >= 0.3 is 6.03 Å². The van der Waals surface area contributed by atoms with Crippen LogP contribution in [0, 0.1) is 0 Å². The fourth-order valence-corrected chi connectivity index (χ4v) is 3.80. The maximum atomic E-state index is 13.5. The second kappa shape index (κ2) is 9.34. The van der Waals surface area contributed by atoms with E-state index in [1.807, 2.05) is 73.7 Å². The number of hydrogen-bond donors (Lipinski definition) is 2. The highest BCUT2D eigenvalue weighted by molar-refractivity contribution is 6.02. The van der Waals surface area contributed by atoms with Crippen molar-refractivity contribution in [1.82, 2.24) is 5.32 Å². The summed E-state index contributed by atoms with van der Waals surface area (Å²) in [6.07, 6.45) is 0.803. The molecule has 1 atom stereocenters. The second-order valence-corrected chi connectivity index (χ2v) is 7.24. The van der Waals surface area contributed by atoms with Crippen molar-refractivity contribution in [3.63, 3.8) is 0 Å². The lowest BCUT2D eigenvalue weighted by Gasteiger charge is -2.25. The number of benzene rings is 3. The summed E-state index contributed by atoms with van der Waals surface area (Å²) in [6, 6.07) is 23.1. The number of urea groups is 1. The molecule has 0 saturated carbocycles. The van der Waals surface area contributed by atoms with E-state index < -0.39 is 12.1 Å². The molecule has 0 bridgehead atoms. The monoisotopic (exact) mass is 415 g/mol. The first-order valence-electron chi connectivity index (χ1n) is 10.4. The summed E-state index contributed by atoms with van der Waals surface area (Å²) in [7, 11) is 0. The van der Waals surface area contributed by atoms with Crippen LogP contribution >= 0.6 is 0 Å². The molecule has 6 heteroatoms. The standard InChI is InChI=1S/C25H25N3O3/c1-2-31-22-15-9-7-13-20(22)26-25(30)27-23(19-11-4-3-5-12-19)24(29)28-17-16-18-10-6-8-14-21(18)28/h3-15,23H,2,16-17H2,1H3,(H2,26,27,30)/t23-/m1/s1. The van der Waals surface area contributed by atoms with Crippen LogP contribution in [0.1, 0.15) is 24.1 Å². The van der Waals surface area contributed by atoms with Gasteiger partial charge in [0.15, 0.2) is 0 Å². The van der Waals surface area contributed by atoms with Crippen LogP contribution < -0.4 is 20.3 Å². The van der Waals surface area contributed by atoms with Gasteiger partial charge in [-0.25, -0.2) is 4.79 Å². The van der Waals surface area contributed by atoms with Gasteiger partial charge in [0.25, 0.3) is 5.91 Å². The Balaban J connectivity index is 1.57. The molecule has 3 aromatic carbocycles. The molecule has 0 aliphatic carbocycles. The zero-order valence-electron chi connectivity index (χ0n) is 17.4. The summed E-state index contributed by atoms with van der Waals surface area (Å²) in [5.41, 5.74) is 3.31. The molecule has 3 aromatic rings. The molecule has 158 valence electrons. The van der Waals surface area contributed by atoms with E-state index >= 15 is 0 Å². The molecule has 0 fully saturated rings. The second-order valence-electron chi connectivity index (χ2n) is 7.24. The maximum Gasteiger partial charge on any atom is 0.320 e. The third-order valence-corrected chi connectivity index (χ3v) is 5.24. The van der Waals surface area contributed by atoms with Crippen LogP contribution in [-0.4, -0.2) is 25.1 Å². The highest BCUT2D eigenvalue weighted by atomic mass is 16.5. The van der Waals surface area contributed by atoms with E-state index in [0.29, 0.717) is 24.6 Å². The van der Waals surface area contributed by atoms with Crippen LogP contribution in [-0.2, 0) is 11.2 Å². The smallest absolute Gasteiger partial charge is 0.320 e. The lowest BCUT2D eigenvalue weighted by molar-refractivity contribution is -0.120. The fraction of sp³-hybridized carbons (Fsp3) is 0.200. The van der Waals surface area contributed by atoms with Gasteiger partial charge in [-0.15, -0.1) is 0 Å². The molecule has 0 saturated heterocycles. The summed E-state index contributed by atoms with van der Waals surface area (Å²) < 4.78 is 5.58. The first-order valence-corrected chi connectivity index (χ1v) is 10.4. The van der Waals surface area contributed by atoms with Gasteiger partial charge in [0.2, 0.25) is 0 Å². The first-order chi connectivity index (χ1) is 15.2. The number of nitrogens with zero attached hydrogens (tertiary/aromatic N) is 1. The molecular formula is C25H25N3O3. The van der Waals surface area contributed by atoms with E-state index in [-0.39, 0.29) is 5.91 Å². The van der Waals surface area contributed by atoms with E-state index in [1.54, 1.807) is 17.0 Å². The van der Waals surface area contributed by atoms with Gasteiger partial charge in [-0.05, 0) is 42.7 Å². The van der Waals surface area contributed by atoms with Gasteiger partial charge in [0, 0.05) is 12.2 Å². The molecule has 1 heterocycles. The quantitative estimate of drug-likeness (QED) is 0.621. The van der Waals surface area contributed by atoms with Crippen molar-refractivity contribution >= 4 is 23.3 Å². The number of carbonyl (C=O) groups is 2. The minimum Gasteiger partial charge on any atom is -0.492 e. The number of ether oxygens (including phenoxy) is 1. The summed E-state index contributed by atoms with van der Waals surface area (Å²) in [5.74, 6) is 0.417. The molecular weight excluding hydrogens is 390 g/mol. The molecule has 0 aromatic heterocycles. The van der Waals surface area contributed by atoms with Crippen molar-refractivity contribution in [2.45, 2.75) is 19.4 Å². The molecule has 1 aliphatic heterocycles. The van der Waals surface area contributed by atoms with Gasteiger partial charge in [-0.3, -0.25) is 4.79 Å². The number of rotatable bonds is 6. The number of para-hydroxylation sites is 3. The van der Waals surface area contributed by atoms with Crippen molar-refractivity contribution in [2.75, 3.05) is 23.4 Å². The summed E-state index contributed by atoms with van der Waals surface area (Å²) in [4.78, 5) is 28.1. The highest BCUT2D eigenvalue weighted by Crippen LogP contribution is 2.30. The average molecular weight is 415 g/mol. The van der Waals surface area contributed by atoms with Crippen molar-refractivity contribution < 1.29 is 14.3 Å². The van der Waals surface area contributed by atoms with Crippen LogP contribution in [0.2, 0.25) is 0 Å². The normalized spacial score (nSPS) is 13.3. The Morgan fingerprint density at radius 2 is 1.68 bits per heavy atom. The van der Waals surface area contributed by atoms with Crippen LogP contribution in [0.4, 0.5) is 16.2 Å². The molecule has 4 rings (SSSR count). The van der Waals surface area contributed by atoms with Gasteiger partial charge in [-0.1, -0.05) is 60.7 Å². The highest BCUT2D eigenvalue weighted by Gasteiger charge is 2.32. The minimum atomic E-state index is -0.813. The topological polar surface area (TPSA) is 70.7 Å². The van der Waals surface area contributed by atoms with Crippen molar-refractivity contribution in [2.24, 2.45) is 0 Å². The van der Waals surface area contributed by atoms with E-state index in [0.717, 1.165) is 23.2 Å². The first kappa shape index (κ1) is 20.5. The Morgan fingerprint density at radius 1 is 0.968 bits per heavy atom. The molecule has 31 heavy (non-hydrogen) atoms. The van der Waals surface area contributed by atoms with E-state index in [1.165, 1.54) is 0 Å². The number of anilines is 2. The zero-order chi connectivity index (χ0) is 21.6. The molecule has 6 nitrogen and oxygen atoms in total. The zero-order valence-corrected chi connectivity index (χ0v) is 17.4. The summed E-state index contributed by atoms with van der Waals surface area (Å²) in [5, 5.41) is 5.68. The molecule has 2 N–H and O–H groups in total. The van der Waals surface area contributed by atoms with Gasteiger partial charge in [-0.2, -0.15) is 0 Å². The lowest BCUT2D eigenvalue weighted by atomic mass is 10.1. The summed E-state index contributed by atoms with van der Waals surface area (Å²) in [6.45, 7) is 2.96. The average Bonchev–Trinajstić information content (AvgIpc) is 3.23. The third kappa shape index (κ3) is 4.53. The van der Waals surface area contributed by atoms with Crippen LogP contribution in [0.15, 0.2) is 78.9 Å². The van der Waals surface area contributed by atoms with Crippen LogP contribution in [0.25, 0.3) is 0 Å². The lowest BCUT2D eigenvalue weighted by Crippen LogP contribution is -2.43. The Bertz CT molecular complexity index is 1070. The molecule has 0 spiro atoms. The maximum absolute atomic E-state index is 13.5. The van der Waals surface area contributed by atoms with Crippen molar-refractivity contribution in [3.05, 3.63) is 90.0 Å². The number of amides is 3. The van der Waals surface area contributed by atoms with Gasteiger partial charge in [0.1, 0.15) is 11.8 Å². The fourth-order valence-electron chi connectivity index (χ4n) is 3.80. The van der Waals surface area contributed by atoms with Gasteiger partial charge in [0.05, 0.1) is 12.3 Å². The predicted octanol–water partition coefficient (Wildman–Crippen LogP) is 4.54. The number of nitrogens with one attached hydrogen (secondary N) is 2. The molecule has 3 amide bonds. The molecule has 0 radical (unpaired) electrons. The number of carbonyl (C=O) groups excluding carboxylic acids is 2. The Morgan fingerprint density at radius 3 is 2.48 bits per heavy atom. The number of hydrogen-bond acceptors (Lipinski definition) is 3. The molecule has 0 unspecified atom stereocenters. The number of fused-ring (bicyclic) bond motifs is 1. The van der Waals surface area contributed by atoms with Crippen LogP contribution in [0.3, 0.4) is 0 Å². The Hall–Kier alpha value is -3.80.